The third-order valence-electron chi connectivity index (χ3n) is 1.42. The molecule has 0 aromatic heterocycles. The minimum absolute atomic E-state index is 0.152. The van der Waals surface area contributed by atoms with E-state index < -0.39 is 0 Å². The number of rotatable bonds is 4. The van der Waals surface area contributed by atoms with Crippen LogP contribution in [0.4, 0.5) is 0 Å². The predicted molar refractivity (Wildman–Crippen MR) is 52.1 cm³/mol. The van der Waals surface area contributed by atoms with E-state index in [1.54, 1.807) is 11.8 Å². The predicted octanol–water partition coefficient (Wildman–Crippen LogP) is 2.74. The number of Topliss-reactive ketones (excluding diaryl/α,β-unsaturated/α-hetero) is 1. The summed E-state index contributed by atoms with van der Waals surface area (Å²) in [7, 11) is 0. The summed E-state index contributed by atoms with van der Waals surface area (Å²) in [5.74, 6) is 2.13. The van der Waals surface area contributed by atoms with Crippen molar-refractivity contribution in [3.05, 3.63) is 0 Å². The molecule has 0 amide bonds. The third kappa shape index (κ3) is 5.31. The van der Waals surface area contributed by atoms with Crippen molar-refractivity contribution in [2.45, 2.75) is 34.1 Å². The van der Waals surface area contributed by atoms with Crippen LogP contribution in [0.1, 0.15) is 34.1 Å². The van der Waals surface area contributed by atoms with E-state index in [0.29, 0.717) is 11.5 Å². The Hall–Kier alpha value is 0.0200. The van der Waals surface area contributed by atoms with E-state index in [1.807, 2.05) is 20.8 Å². The first kappa shape index (κ1) is 11.0. The van der Waals surface area contributed by atoms with Gasteiger partial charge in [0.05, 0.1) is 5.75 Å². The molecule has 11 heavy (non-hydrogen) atoms. The van der Waals surface area contributed by atoms with Crippen molar-refractivity contribution in [1.82, 2.24) is 0 Å². The van der Waals surface area contributed by atoms with E-state index in [2.05, 4.69) is 6.92 Å². The van der Waals surface area contributed by atoms with Gasteiger partial charge in [-0.2, -0.15) is 11.8 Å². The third-order valence-corrected chi connectivity index (χ3v) is 2.58. The average Bonchev–Trinajstić information content (AvgIpc) is 1.86. The first-order chi connectivity index (χ1) is 4.98. The van der Waals surface area contributed by atoms with Gasteiger partial charge in [-0.1, -0.05) is 27.7 Å². The van der Waals surface area contributed by atoms with Gasteiger partial charge in [0.2, 0.25) is 0 Å². The molecular formula is C9H18OS. The first-order valence-electron chi connectivity index (χ1n) is 4.09. The molecule has 0 bridgehead atoms. The van der Waals surface area contributed by atoms with E-state index in [4.69, 9.17) is 0 Å². The van der Waals surface area contributed by atoms with E-state index in [-0.39, 0.29) is 5.41 Å². The minimum atomic E-state index is -0.152. The zero-order chi connectivity index (χ0) is 8.91. The molecular weight excluding hydrogens is 156 g/mol. The van der Waals surface area contributed by atoms with Crippen LogP contribution in [0.5, 0.6) is 0 Å². The zero-order valence-corrected chi connectivity index (χ0v) is 8.75. The Morgan fingerprint density at radius 1 is 1.36 bits per heavy atom. The molecule has 0 heterocycles. The summed E-state index contributed by atoms with van der Waals surface area (Å²) >= 11 is 1.74. The summed E-state index contributed by atoms with van der Waals surface area (Å²) in [6.07, 6.45) is 1.15. The number of thioether (sulfide) groups is 1. The Morgan fingerprint density at radius 2 is 1.91 bits per heavy atom. The first-order valence-corrected chi connectivity index (χ1v) is 5.25. The van der Waals surface area contributed by atoms with Gasteiger partial charge in [-0.25, -0.2) is 0 Å². The molecule has 0 saturated carbocycles. The van der Waals surface area contributed by atoms with E-state index in [9.17, 15) is 4.79 Å². The average molecular weight is 174 g/mol. The number of carbonyl (C=O) groups is 1. The lowest BCUT2D eigenvalue weighted by molar-refractivity contribution is -0.123. The molecule has 66 valence electrons. The molecule has 0 aliphatic rings. The van der Waals surface area contributed by atoms with Crippen LogP contribution in [0.25, 0.3) is 0 Å². The standard InChI is InChI=1S/C9H18OS/c1-5-6-11-7-8(10)9(2,3)4/h5-7H2,1-4H3. The van der Waals surface area contributed by atoms with Crippen LogP contribution in [-0.2, 0) is 4.79 Å². The van der Waals surface area contributed by atoms with Crippen LogP contribution >= 0.6 is 11.8 Å². The fourth-order valence-electron chi connectivity index (χ4n) is 0.526. The minimum Gasteiger partial charge on any atom is -0.298 e. The summed E-state index contributed by atoms with van der Waals surface area (Å²) < 4.78 is 0. The second-order valence-electron chi connectivity index (χ2n) is 3.73. The van der Waals surface area contributed by atoms with E-state index >= 15 is 0 Å². The van der Waals surface area contributed by atoms with E-state index in [1.165, 1.54) is 0 Å². The Bertz CT molecular complexity index is 124. The van der Waals surface area contributed by atoms with Crippen molar-refractivity contribution < 1.29 is 4.79 Å². The maximum absolute atomic E-state index is 11.3. The molecule has 0 aromatic rings. The lowest BCUT2D eigenvalue weighted by Crippen LogP contribution is -2.22. The molecule has 1 nitrogen and oxygen atoms in total. The summed E-state index contributed by atoms with van der Waals surface area (Å²) in [5, 5.41) is 0. The van der Waals surface area contributed by atoms with Gasteiger partial charge in [0, 0.05) is 5.41 Å². The van der Waals surface area contributed by atoms with Crippen LogP contribution in [0, 0.1) is 5.41 Å². The monoisotopic (exact) mass is 174 g/mol. The fraction of sp³-hybridized carbons (Fsp3) is 0.889. The van der Waals surface area contributed by atoms with Crippen LogP contribution in [-0.4, -0.2) is 17.3 Å². The molecule has 0 aliphatic carbocycles. The van der Waals surface area contributed by atoms with Gasteiger partial charge in [-0.05, 0) is 12.2 Å². The zero-order valence-electron chi connectivity index (χ0n) is 7.94. The van der Waals surface area contributed by atoms with Crippen molar-refractivity contribution in [2.24, 2.45) is 5.41 Å². The van der Waals surface area contributed by atoms with Crippen LogP contribution in [0.3, 0.4) is 0 Å². The lowest BCUT2D eigenvalue weighted by Gasteiger charge is -2.15. The van der Waals surface area contributed by atoms with Gasteiger partial charge in [0.1, 0.15) is 5.78 Å². The highest BCUT2D eigenvalue weighted by Crippen LogP contribution is 2.17. The highest BCUT2D eigenvalue weighted by molar-refractivity contribution is 7.99. The largest absolute Gasteiger partial charge is 0.298 e. The van der Waals surface area contributed by atoms with Gasteiger partial charge >= 0.3 is 0 Å². The molecule has 0 aromatic carbocycles. The molecule has 0 saturated heterocycles. The van der Waals surface area contributed by atoms with Crippen molar-refractivity contribution in [3.8, 4) is 0 Å². The molecule has 2 heteroatoms. The Morgan fingerprint density at radius 3 is 2.27 bits per heavy atom. The number of hydrogen-bond donors (Lipinski definition) is 0. The highest BCUT2D eigenvalue weighted by Gasteiger charge is 2.19. The molecule has 0 fully saturated rings. The molecule has 0 atom stereocenters. The maximum Gasteiger partial charge on any atom is 0.148 e. The topological polar surface area (TPSA) is 17.1 Å². The van der Waals surface area contributed by atoms with Crippen LogP contribution < -0.4 is 0 Å². The van der Waals surface area contributed by atoms with Gasteiger partial charge in [0.25, 0.3) is 0 Å². The fourth-order valence-corrected chi connectivity index (χ4v) is 1.58. The summed E-state index contributed by atoms with van der Waals surface area (Å²) in [6, 6.07) is 0. The summed E-state index contributed by atoms with van der Waals surface area (Å²) in [6.45, 7) is 8.06. The van der Waals surface area contributed by atoms with E-state index in [0.717, 1.165) is 12.2 Å². The Balaban J connectivity index is 3.54. The number of hydrogen-bond acceptors (Lipinski definition) is 2. The molecule has 0 radical (unpaired) electrons. The van der Waals surface area contributed by atoms with Gasteiger partial charge in [0.15, 0.2) is 0 Å². The second-order valence-corrected chi connectivity index (χ2v) is 4.83. The maximum atomic E-state index is 11.3. The Kier molecular flexibility index (Phi) is 4.82. The smallest absolute Gasteiger partial charge is 0.148 e. The van der Waals surface area contributed by atoms with Crippen LogP contribution in [0.15, 0.2) is 0 Å². The summed E-state index contributed by atoms with van der Waals surface area (Å²) in [4.78, 5) is 11.3. The van der Waals surface area contributed by atoms with Gasteiger partial charge in [-0.3, -0.25) is 4.79 Å². The van der Waals surface area contributed by atoms with Crippen molar-refractivity contribution in [3.63, 3.8) is 0 Å². The van der Waals surface area contributed by atoms with Crippen molar-refractivity contribution in [1.29, 1.82) is 0 Å². The van der Waals surface area contributed by atoms with Gasteiger partial charge in [-0.15, -0.1) is 0 Å². The van der Waals surface area contributed by atoms with Gasteiger partial charge < -0.3 is 0 Å². The Labute approximate surface area is 73.9 Å². The van der Waals surface area contributed by atoms with Crippen LogP contribution in [0.2, 0.25) is 0 Å². The molecule has 0 aliphatic heterocycles. The van der Waals surface area contributed by atoms with Crippen molar-refractivity contribution in [2.75, 3.05) is 11.5 Å². The second kappa shape index (κ2) is 4.81. The molecule has 0 spiro atoms. The molecule has 0 rings (SSSR count). The molecule has 0 N–H and O–H groups in total. The molecule has 0 unspecified atom stereocenters. The van der Waals surface area contributed by atoms with Crippen molar-refractivity contribution >= 4 is 17.5 Å². The normalized spacial score (nSPS) is 11.6. The lowest BCUT2D eigenvalue weighted by atomic mass is 9.92. The number of carbonyl (C=O) groups excluding carboxylic acids is 1. The highest BCUT2D eigenvalue weighted by atomic mass is 32.2. The number of ketones is 1. The summed E-state index contributed by atoms with van der Waals surface area (Å²) in [5.41, 5.74) is -0.152. The SMILES string of the molecule is CCCSCC(=O)C(C)(C)C. The quantitative estimate of drug-likeness (QED) is 0.610.